The topological polar surface area (TPSA) is 21.9 Å². The molecule has 10 heavy (non-hydrogen) atoms. The van der Waals surface area contributed by atoms with E-state index in [2.05, 4.69) is 5.32 Å². The summed E-state index contributed by atoms with van der Waals surface area (Å²) in [5.41, 5.74) is 0. The zero-order valence-electron chi connectivity index (χ0n) is 6.60. The lowest BCUT2D eigenvalue weighted by molar-refractivity contribution is 0.600. The molecule has 2 atom stereocenters. The van der Waals surface area contributed by atoms with Crippen LogP contribution in [0.25, 0.3) is 0 Å². The van der Waals surface area contributed by atoms with Crippen LogP contribution in [-0.4, -0.2) is 12.1 Å². The van der Waals surface area contributed by atoms with E-state index >= 15 is 0 Å². The van der Waals surface area contributed by atoms with Crippen molar-refractivity contribution in [2.45, 2.75) is 57.0 Å². The van der Waals surface area contributed by atoms with Gasteiger partial charge in [-0.2, -0.15) is 0 Å². The molecule has 1 heteroatoms. The molecule has 1 aliphatic carbocycles. The van der Waals surface area contributed by atoms with Gasteiger partial charge in [0.15, 0.2) is 0 Å². The van der Waals surface area contributed by atoms with Crippen LogP contribution in [0.15, 0.2) is 0 Å². The Hall–Kier alpha value is -0.0400. The fourth-order valence-corrected chi connectivity index (χ4v) is 2.05. The molecule has 0 radical (unpaired) electrons. The predicted octanol–water partition coefficient (Wildman–Crippen LogP) is 2.07. The summed E-state index contributed by atoms with van der Waals surface area (Å²) in [6, 6.07) is 1.86. The SMILES string of the molecule is C1CCCC2NC2CCC1. The highest BCUT2D eigenvalue weighted by molar-refractivity contribution is 4.97. The zero-order valence-corrected chi connectivity index (χ0v) is 6.60. The van der Waals surface area contributed by atoms with Gasteiger partial charge in [0.2, 0.25) is 0 Å². The fraction of sp³-hybridized carbons (Fsp3) is 1.00. The van der Waals surface area contributed by atoms with E-state index in [0.717, 1.165) is 12.1 Å². The third kappa shape index (κ3) is 1.51. The first kappa shape index (κ1) is 6.66. The minimum absolute atomic E-state index is 0.929. The Balaban J connectivity index is 1.77. The fourth-order valence-electron chi connectivity index (χ4n) is 2.05. The summed E-state index contributed by atoms with van der Waals surface area (Å²) >= 11 is 0. The Morgan fingerprint density at radius 2 is 1.20 bits per heavy atom. The van der Waals surface area contributed by atoms with E-state index in [-0.39, 0.29) is 0 Å². The number of hydrogen-bond acceptors (Lipinski definition) is 1. The van der Waals surface area contributed by atoms with Gasteiger partial charge in [-0.1, -0.05) is 32.1 Å². The van der Waals surface area contributed by atoms with Gasteiger partial charge in [-0.15, -0.1) is 0 Å². The summed E-state index contributed by atoms with van der Waals surface area (Å²) in [6.07, 6.45) is 10.3. The molecule has 1 heterocycles. The third-order valence-electron chi connectivity index (χ3n) is 2.83. The summed E-state index contributed by atoms with van der Waals surface area (Å²) in [6.45, 7) is 0. The maximum absolute atomic E-state index is 3.54. The van der Waals surface area contributed by atoms with Gasteiger partial charge >= 0.3 is 0 Å². The van der Waals surface area contributed by atoms with Gasteiger partial charge in [0.1, 0.15) is 0 Å². The molecule has 1 saturated carbocycles. The molecule has 2 aliphatic rings. The molecule has 2 fully saturated rings. The average Bonchev–Trinajstić information content (AvgIpc) is 2.66. The molecule has 0 aromatic rings. The van der Waals surface area contributed by atoms with Gasteiger partial charge in [0.25, 0.3) is 0 Å². The maximum Gasteiger partial charge on any atom is 0.0224 e. The van der Waals surface area contributed by atoms with Crippen molar-refractivity contribution in [1.82, 2.24) is 5.32 Å². The molecule has 1 saturated heterocycles. The van der Waals surface area contributed by atoms with Crippen LogP contribution in [0.3, 0.4) is 0 Å². The monoisotopic (exact) mass is 139 g/mol. The molecule has 0 bridgehead atoms. The van der Waals surface area contributed by atoms with E-state index in [9.17, 15) is 0 Å². The Labute approximate surface area is 63.2 Å². The van der Waals surface area contributed by atoms with Crippen molar-refractivity contribution in [3.8, 4) is 0 Å². The minimum Gasteiger partial charge on any atom is -0.308 e. The summed E-state index contributed by atoms with van der Waals surface area (Å²) in [4.78, 5) is 0. The van der Waals surface area contributed by atoms with Crippen LogP contribution >= 0.6 is 0 Å². The number of fused-ring (bicyclic) bond motifs is 1. The second kappa shape index (κ2) is 2.91. The molecule has 0 aromatic carbocycles. The van der Waals surface area contributed by atoms with Crippen molar-refractivity contribution >= 4 is 0 Å². The average molecular weight is 139 g/mol. The van der Waals surface area contributed by atoms with Crippen LogP contribution in [0.2, 0.25) is 0 Å². The largest absolute Gasteiger partial charge is 0.308 e. The molecule has 2 rings (SSSR count). The number of nitrogens with one attached hydrogen (secondary N) is 1. The van der Waals surface area contributed by atoms with Gasteiger partial charge in [-0.3, -0.25) is 0 Å². The molecule has 0 spiro atoms. The molecule has 1 nitrogen and oxygen atoms in total. The van der Waals surface area contributed by atoms with E-state index in [1.54, 1.807) is 0 Å². The Kier molecular flexibility index (Phi) is 1.94. The number of hydrogen-bond donors (Lipinski definition) is 1. The van der Waals surface area contributed by atoms with Crippen molar-refractivity contribution in [2.24, 2.45) is 0 Å². The van der Waals surface area contributed by atoms with Crippen molar-refractivity contribution in [1.29, 1.82) is 0 Å². The summed E-state index contributed by atoms with van der Waals surface area (Å²) in [5, 5.41) is 3.54. The molecule has 58 valence electrons. The predicted molar refractivity (Wildman–Crippen MR) is 43.0 cm³/mol. The van der Waals surface area contributed by atoms with Gasteiger partial charge in [0, 0.05) is 12.1 Å². The molecule has 1 N–H and O–H groups in total. The summed E-state index contributed by atoms with van der Waals surface area (Å²) in [7, 11) is 0. The molecule has 2 unspecified atom stereocenters. The van der Waals surface area contributed by atoms with Crippen molar-refractivity contribution in [3.63, 3.8) is 0 Å². The smallest absolute Gasteiger partial charge is 0.0224 e. The van der Waals surface area contributed by atoms with Crippen LogP contribution in [0.1, 0.15) is 44.9 Å². The highest BCUT2D eigenvalue weighted by Gasteiger charge is 2.34. The summed E-state index contributed by atoms with van der Waals surface area (Å²) in [5.74, 6) is 0. The Morgan fingerprint density at radius 1 is 0.700 bits per heavy atom. The normalized spacial score (nSPS) is 40.8. The number of rotatable bonds is 0. The first-order valence-electron chi connectivity index (χ1n) is 4.73. The van der Waals surface area contributed by atoms with Crippen LogP contribution in [0, 0.1) is 0 Å². The lowest BCUT2D eigenvalue weighted by Crippen LogP contribution is -1.91. The van der Waals surface area contributed by atoms with Crippen LogP contribution in [0.5, 0.6) is 0 Å². The zero-order chi connectivity index (χ0) is 6.81. The highest BCUT2D eigenvalue weighted by atomic mass is 15.1. The van der Waals surface area contributed by atoms with Crippen molar-refractivity contribution in [3.05, 3.63) is 0 Å². The molecular formula is C9H17N. The van der Waals surface area contributed by atoms with Crippen molar-refractivity contribution in [2.75, 3.05) is 0 Å². The van der Waals surface area contributed by atoms with Gasteiger partial charge in [-0.05, 0) is 12.8 Å². The van der Waals surface area contributed by atoms with E-state index in [1.807, 2.05) is 0 Å². The van der Waals surface area contributed by atoms with Gasteiger partial charge in [-0.25, -0.2) is 0 Å². The molecule has 0 aromatic heterocycles. The lowest BCUT2D eigenvalue weighted by atomic mass is 10.1. The van der Waals surface area contributed by atoms with E-state index in [1.165, 1.54) is 44.9 Å². The van der Waals surface area contributed by atoms with Crippen molar-refractivity contribution < 1.29 is 0 Å². The lowest BCUT2D eigenvalue weighted by Gasteiger charge is -1.96. The van der Waals surface area contributed by atoms with Crippen LogP contribution in [-0.2, 0) is 0 Å². The highest BCUT2D eigenvalue weighted by Crippen LogP contribution is 2.25. The maximum atomic E-state index is 3.54. The Morgan fingerprint density at radius 3 is 1.80 bits per heavy atom. The second-order valence-corrected chi connectivity index (χ2v) is 3.72. The second-order valence-electron chi connectivity index (χ2n) is 3.72. The van der Waals surface area contributed by atoms with E-state index in [0.29, 0.717) is 0 Å². The Bertz CT molecular complexity index is 99.3. The molecule has 1 aliphatic heterocycles. The molecular weight excluding hydrogens is 122 g/mol. The van der Waals surface area contributed by atoms with E-state index < -0.39 is 0 Å². The van der Waals surface area contributed by atoms with Crippen LogP contribution in [0.4, 0.5) is 0 Å². The van der Waals surface area contributed by atoms with E-state index in [4.69, 9.17) is 0 Å². The van der Waals surface area contributed by atoms with Gasteiger partial charge in [0.05, 0.1) is 0 Å². The quantitative estimate of drug-likeness (QED) is 0.510. The molecule has 0 amide bonds. The van der Waals surface area contributed by atoms with Crippen LogP contribution < -0.4 is 5.32 Å². The standard InChI is InChI=1S/C9H17N/c1-2-4-6-8-9(10-8)7-5-3-1/h8-10H,1-7H2. The minimum atomic E-state index is 0.929. The first-order chi connectivity index (χ1) is 4.97. The summed E-state index contributed by atoms with van der Waals surface area (Å²) < 4.78 is 0. The first-order valence-corrected chi connectivity index (χ1v) is 4.73. The van der Waals surface area contributed by atoms with Gasteiger partial charge < -0.3 is 5.32 Å². The third-order valence-corrected chi connectivity index (χ3v) is 2.83.